The standard InChI is InChI=1S/C16H22N2OS/c1-11-5-6-13(10-12(11)2)18-16(19)15-8-7-14(20-15)4-3-9-17/h7-8,11-13H,5-6,9-10,17H2,1-2H3,(H,18,19). The molecule has 20 heavy (non-hydrogen) atoms. The Balaban J connectivity index is 1.93. The first-order valence-electron chi connectivity index (χ1n) is 7.19. The van der Waals surface area contributed by atoms with Crippen LogP contribution in [0.3, 0.4) is 0 Å². The first-order chi connectivity index (χ1) is 9.60. The molecule has 1 aromatic heterocycles. The molecule has 3 nitrogen and oxygen atoms in total. The predicted octanol–water partition coefficient (Wildman–Crippen LogP) is 2.61. The Bertz CT molecular complexity index is 526. The second-order valence-electron chi connectivity index (χ2n) is 5.61. The molecule has 1 aliphatic rings. The van der Waals surface area contributed by atoms with Gasteiger partial charge in [-0.15, -0.1) is 11.3 Å². The van der Waals surface area contributed by atoms with Crippen LogP contribution in [0.4, 0.5) is 0 Å². The number of thiophene rings is 1. The van der Waals surface area contributed by atoms with Crippen LogP contribution in [0.15, 0.2) is 12.1 Å². The van der Waals surface area contributed by atoms with Crippen LogP contribution < -0.4 is 11.1 Å². The molecule has 0 radical (unpaired) electrons. The van der Waals surface area contributed by atoms with Crippen molar-refractivity contribution in [3.8, 4) is 11.8 Å². The molecule has 1 heterocycles. The van der Waals surface area contributed by atoms with Gasteiger partial charge in [-0.2, -0.15) is 0 Å². The van der Waals surface area contributed by atoms with Gasteiger partial charge in [0.1, 0.15) is 0 Å². The predicted molar refractivity (Wildman–Crippen MR) is 83.7 cm³/mol. The maximum atomic E-state index is 12.2. The van der Waals surface area contributed by atoms with Crippen molar-refractivity contribution in [2.75, 3.05) is 6.54 Å². The number of nitrogens with two attached hydrogens (primary N) is 1. The van der Waals surface area contributed by atoms with Gasteiger partial charge in [-0.25, -0.2) is 0 Å². The quantitative estimate of drug-likeness (QED) is 0.823. The fourth-order valence-corrected chi connectivity index (χ4v) is 3.38. The molecular formula is C16H22N2OS. The number of carbonyl (C=O) groups excluding carboxylic acids is 1. The third-order valence-electron chi connectivity index (χ3n) is 4.08. The number of amides is 1. The number of carbonyl (C=O) groups is 1. The van der Waals surface area contributed by atoms with Gasteiger partial charge in [-0.3, -0.25) is 4.79 Å². The Labute approximate surface area is 124 Å². The third-order valence-corrected chi connectivity index (χ3v) is 5.08. The molecule has 1 saturated carbocycles. The van der Waals surface area contributed by atoms with Crippen LogP contribution >= 0.6 is 11.3 Å². The number of rotatable bonds is 2. The van der Waals surface area contributed by atoms with E-state index in [0.717, 1.165) is 28.5 Å². The molecule has 0 aliphatic heterocycles. The molecule has 3 N–H and O–H groups in total. The van der Waals surface area contributed by atoms with E-state index in [9.17, 15) is 4.79 Å². The summed E-state index contributed by atoms with van der Waals surface area (Å²) in [4.78, 5) is 13.8. The van der Waals surface area contributed by atoms with E-state index in [1.54, 1.807) is 0 Å². The summed E-state index contributed by atoms with van der Waals surface area (Å²) in [5.74, 6) is 7.25. The zero-order chi connectivity index (χ0) is 14.5. The van der Waals surface area contributed by atoms with Crippen molar-refractivity contribution < 1.29 is 4.79 Å². The fraction of sp³-hybridized carbons (Fsp3) is 0.562. The van der Waals surface area contributed by atoms with Crippen LogP contribution in [0.25, 0.3) is 0 Å². The van der Waals surface area contributed by atoms with Gasteiger partial charge in [-0.05, 0) is 43.2 Å². The maximum absolute atomic E-state index is 12.2. The molecule has 0 spiro atoms. The van der Waals surface area contributed by atoms with Gasteiger partial charge < -0.3 is 11.1 Å². The van der Waals surface area contributed by atoms with E-state index in [1.165, 1.54) is 17.8 Å². The monoisotopic (exact) mass is 290 g/mol. The van der Waals surface area contributed by atoms with Crippen molar-refractivity contribution in [2.45, 2.75) is 39.2 Å². The van der Waals surface area contributed by atoms with Gasteiger partial charge in [0.25, 0.3) is 5.91 Å². The lowest BCUT2D eigenvalue weighted by atomic mass is 9.79. The summed E-state index contributed by atoms with van der Waals surface area (Å²) < 4.78 is 0. The van der Waals surface area contributed by atoms with Crippen LogP contribution in [-0.2, 0) is 0 Å². The zero-order valence-corrected chi connectivity index (χ0v) is 12.9. The number of hydrogen-bond donors (Lipinski definition) is 2. The lowest BCUT2D eigenvalue weighted by molar-refractivity contribution is 0.0915. The summed E-state index contributed by atoms with van der Waals surface area (Å²) >= 11 is 1.43. The molecule has 2 rings (SSSR count). The average molecular weight is 290 g/mol. The van der Waals surface area contributed by atoms with Gasteiger partial charge in [0, 0.05) is 6.04 Å². The fourth-order valence-electron chi connectivity index (χ4n) is 2.60. The van der Waals surface area contributed by atoms with Crippen molar-refractivity contribution in [3.63, 3.8) is 0 Å². The Hall–Kier alpha value is -1.31. The first kappa shape index (κ1) is 15.1. The van der Waals surface area contributed by atoms with Gasteiger partial charge in [-0.1, -0.05) is 25.7 Å². The molecule has 108 valence electrons. The van der Waals surface area contributed by atoms with Crippen molar-refractivity contribution in [2.24, 2.45) is 17.6 Å². The minimum Gasteiger partial charge on any atom is -0.349 e. The van der Waals surface area contributed by atoms with Crippen LogP contribution in [0, 0.1) is 23.7 Å². The normalized spacial score (nSPS) is 25.6. The Morgan fingerprint density at radius 3 is 2.90 bits per heavy atom. The minimum absolute atomic E-state index is 0.0301. The Morgan fingerprint density at radius 2 is 2.20 bits per heavy atom. The molecule has 4 heteroatoms. The highest BCUT2D eigenvalue weighted by molar-refractivity contribution is 7.14. The van der Waals surface area contributed by atoms with E-state index < -0.39 is 0 Å². The topological polar surface area (TPSA) is 55.1 Å². The van der Waals surface area contributed by atoms with Crippen molar-refractivity contribution >= 4 is 17.2 Å². The molecule has 1 amide bonds. The Morgan fingerprint density at radius 1 is 1.40 bits per heavy atom. The SMILES string of the molecule is CC1CCC(NC(=O)c2ccc(C#CCN)s2)CC1C. The summed E-state index contributed by atoms with van der Waals surface area (Å²) in [5.41, 5.74) is 5.34. The number of nitrogens with one attached hydrogen (secondary N) is 1. The van der Waals surface area contributed by atoms with Crippen LogP contribution in [0.5, 0.6) is 0 Å². The van der Waals surface area contributed by atoms with Crippen molar-refractivity contribution in [1.29, 1.82) is 0 Å². The van der Waals surface area contributed by atoms with Gasteiger partial charge >= 0.3 is 0 Å². The van der Waals surface area contributed by atoms with E-state index in [4.69, 9.17) is 5.73 Å². The molecule has 1 aromatic rings. The Kier molecular flexibility index (Phi) is 5.22. The molecule has 0 saturated heterocycles. The molecule has 1 aliphatic carbocycles. The molecule has 3 atom stereocenters. The van der Waals surface area contributed by atoms with E-state index >= 15 is 0 Å². The molecular weight excluding hydrogens is 268 g/mol. The average Bonchev–Trinajstić information content (AvgIpc) is 2.89. The summed E-state index contributed by atoms with van der Waals surface area (Å²) in [5, 5.41) is 3.15. The van der Waals surface area contributed by atoms with Crippen molar-refractivity contribution in [1.82, 2.24) is 5.32 Å². The lowest BCUT2D eigenvalue weighted by Gasteiger charge is -2.32. The second kappa shape index (κ2) is 6.92. The van der Waals surface area contributed by atoms with Crippen molar-refractivity contribution in [3.05, 3.63) is 21.9 Å². The molecule has 0 aromatic carbocycles. The molecule has 1 fully saturated rings. The molecule has 0 bridgehead atoms. The van der Waals surface area contributed by atoms with E-state index in [0.29, 0.717) is 18.5 Å². The highest BCUT2D eigenvalue weighted by Crippen LogP contribution is 2.29. The van der Waals surface area contributed by atoms with Gasteiger partial charge in [0.2, 0.25) is 0 Å². The highest BCUT2D eigenvalue weighted by Gasteiger charge is 2.26. The third kappa shape index (κ3) is 3.84. The zero-order valence-electron chi connectivity index (χ0n) is 12.1. The molecule has 3 unspecified atom stereocenters. The van der Waals surface area contributed by atoms with Gasteiger partial charge in [0.05, 0.1) is 16.3 Å². The lowest BCUT2D eigenvalue weighted by Crippen LogP contribution is -2.39. The summed E-state index contributed by atoms with van der Waals surface area (Å²) in [7, 11) is 0. The largest absolute Gasteiger partial charge is 0.349 e. The van der Waals surface area contributed by atoms with Crippen LogP contribution in [0.2, 0.25) is 0 Å². The van der Waals surface area contributed by atoms with E-state index in [-0.39, 0.29) is 5.91 Å². The highest BCUT2D eigenvalue weighted by atomic mass is 32.1. The van der Waals surface area contributed by atoms with E-state index in [2.05, 4.69) is 31.0 Å². The van der Waals surface area contributed by atoms with Crippen LogP contribution in [-0.4, -0.2) is 18.5 Å². The van der Waals surface area contributed by atoms with E-state index in [1.807, 2.05) is 12.1 Å². The summed E-state index contributed by atoms with van der Waals surface area (Å²) in [6, 6.07) is 4.04. The number of hydrogen-bond acceptors (Lipinski definition) is 3. The minimum atomic E-state index is 0.0301. The first-order valence-corrected chi connectivity index (χ1v) is 8.01. The maximum Gasteiger partial charge on any atom is 0.261 e. The summed E-state index contributed by atoms with van der Waals surface area (Å²) in [6.07, 6.45) is 3.37. The van der Waals surface area contributed by atoms with Crippen LogP contribution in [0.1, 0.15) is 47.7 Å². The second-order valence-corrected chi connectivity index (χ2v) is 6.69. The smallest absolute Gasteiger partial charge is 0.261 e. The van der Waals surface area contributed by atoms with Gasteiger partial charge in [0.15, 0.2) is 0 Å². The summed E-state index contributed by atoms with van der Waals surface area (Å²) in [6.45, 7) is 4.91.